The number of anilines is 1. The minimum absolute atomic E-state index is 0.0436. The van der Waals surface area contributed by atoms with E-state index < -0.39 is 22.2 Å². The summed E-state index contributed by atoms with van der Waals surface area (Å²) in [6.07, 6.45) is 1.26. The van der Waals surface area contributed by atoms with E-state index in [0.717, 1.165) is 6.42 Å². The van der Waals surface area contributed by atoms with Crippen LogP contribution in [0.2, 0.25) is 0 Å². The van der Waals surface area contributed by atoms with Gasteiger partial charge >= 0.3 is 0 Å². The van der Waals surface area contributed by atoms with E-state index in [0.29, 0.717) is 34.7 Å². The van der Waals surface area contributed by atoms with Gasteiger partial charge < -0.3 is 9.64 Å². The van der Waals surface area contributed by atoms with Crippen LogP contribution < -0.4 is 19.5 Å². The smallest absolute Gasteiger partial charge is 0.299 e. The number of amides is 3. The Morgan fingerprint density at radius 3 is 2.71 bits per heavy atom. The summed E-state index contributed by atoms with van der Waals surface area (Å²) in [5.74, 6) is -0.544. The van der Waals surface area contributed by atoms with Crippen LogP contribution in [0.3, 0.4) is 0 Å². The SMILES string of the molecule is CCCOc1ccccc1CNS(=O)(=O)Nc1ccc2c(c1)CN(C1CCC(=O)NC1=O)C2=O. The number of piperidine rings is 1. The first kappa shape index (κ1) is 23.7. The van der Waals surface area contributed by atoms with E-state index in [9.17, 15) is 22.8 Å². The Labute approximate surface area is 197 Å². The Morgan fingerprint density at radius 1 is 1.15 bits per heavy atom. The summed E-state index contributed by atoms with van der Waals surface area (Å²) in [5, 5.41) is 2.26. The maximum Gasteiger partial charge on any atom is 0.299 e. The number of carbonyl (C=O) groups excluding carboxylic acids is 3. The summed E-state index contributed by atoms with van der Waals surface area (Å²) in [6.45, 7) is 2.72. The largest absolute Gasteiger partial charge is 0.493 e. The van der Waals surface area contributed by atoms with Crippen LogP contribution in [0, 0.1) is 0 Å². The molecular formula is C23H26N4O6S. The van der Waals surface area contributed by atoms with Gasteiger partial charge in [0.15, 0.2) is 0 Å². The molecule has 2 aromatic rings. The molecule has 1 fully saturated rings. The van der Waals surface area contributed by atoms with Gasteiger partial charge in [0.1, 0.15) is 11.8 Å². The fraction of sp³-hybridized carbons (Fsp3) is 0.348. The number of rotatable bonds is 9. The minimum atomic E-state index is -3.91. The molecule has 2 heterocycles. The van der Waals surface area contributed by atoms with Gasteiger partial charge in [-0.25, -0.2) is 0 Å². The monoisotopic (exact) mass is 486 g/mol. The standard InChI is InChI=1S/C23H26N4O6S/c1-2-11-33-20-6-4-3-5-15(20)13-24-34(31,32)26-17-7-8-18-16(12-17)14-27(23(18)30)19-9-10-21(28)25-22(19)29/h3-8,12,19,24,26H,2,9-11,13-14H2,1H3,(H,25,28,29). The number of hydrogen-bond donors (Lipinski definition) is 3. The highest BCUT2D eigenvalue weighted by Crippen LogP contribution is 2.29. The molecule has 0 aliphatic carbocycles. The van der Waals surface area contributed by atoms with Gasteiger partial charge in [-0.1, -0.05) is 25.1 Å². The molecule has 3 N–H and O–H groups in total. The van der Waals surface area contributed by atoms with E-state index in [1.54, 1.807) is 18.2 Å². The Kier molecular flexibility index (Phi) is 6.85. The molecular weight excluding hydrogens is 460 g/mol. The maximum absolute atomic E-state index is 12.8. The van der Waals surface area contributed by atoms with Crippen LogP contribution in [0.15, 0.2) is 42.5 Å². The molecule has 1 saturated heterocycles. The van der Waals surface area contributed by atoms with Gasteiger partial charge in [-0.2, -0.15) is 13.1 Å². The second-order valence-electron chi connectivity index (χ2n) is 8.15. The maximum atomic E-state index is 12.8. The Balaban J connectivity index is 1.42. The third-order valence-corrected chi connectivity index (χ3v) is 6.69. The zero-order valence-electron chi connectivity index (χ0n) is 18.7. The molecule has 2 aliphatic heterocycles. The van der Waals surface area contributed by atoms with Gasteiger partial charge in [0.05, 0.1) is 12.3 Å². The number of para-hydroxylation sites is 1. The second-order valence-corrected chi connectivity index (χ2v) is 9.65. The molecule has 4 rings (SSSR count). The highest BCUT2D eigenvalue weighted by atomic mass is 32.2. The van der Waals surface area contributed by atoms with Gasteiger partial charge in [0.25, 0.3) is 16.1 Å². The first-order chi connectivity index (χ1) is 16.3. The summed E-state index contributed by atoms with van der Waals surface area (Å²) >= 11 is 0. The molecule has 3 amide bonds. The normalized spacial score (nSPS) is 18.0. The van der Waals surface area contributed by atoms with Gasteiger partial charge in [-0.15, -0.1) is 0 Å². The molecule has 0 bridgehead atoms. The van der Waals surface area contributed by atoms with E-state index in [-0.39, 0.29) is 37.7 Å². The zero-order valence-corrected chi connectivity index (χ0v) is 19.5. The molecule has 0 radical (unpaired) electrons. The van der Waals surface area contributed by atoms with Crippen molar-refractivity contribution in [3.8, 4) is 5.75 Å². The molecule has 0 aromatic heterocycles. The third kappa shape index (κ3) is 5.20. The van der Waals surface area contributed by atoms with E-state index >= 15 is 0 Å². The van der Waals surface area contributed by atoms with Crippen molar-refractivity contribution < 1.29 is 27.5 Å². The number of benzene rings is 2. The highest BCUT2D eigenvalue weighted by molar-refractivity contribution is 7.90. The van der Waals surface area contributed by atoms with E-state index in [2.05, 4.69) is 14.8 Å². The summed E-state index contributed by atoms with van der Waals surface area (Å²) in [7, 11) is -3.91. The first-order valence-electron chi connectivity index (χ1n) is 11.0. The number of carbonyl (C=O) groups is 3. The van der Waals surface area contributed by atoms with Crippen LogP contribution in [0.25, 0.3) is 0 Å². The predicted octanol–water partition coefficient (Wildman–Crippen LogP) is 1.68. The van der Waals surface area contributed by atoms with Crippen LogP contribution in [0.1, 0.15) is 47.7 Å². The van der Waals surface area contributed by atoms with Crippen LogP contribution in [-0.4, -0.2) is 43.7 Å². The second kappa shape index (κ2) is 9.82. The number of fused-ring (bicyclic) bond motifs is 1. The lowest BCUT2D eigenvalue weighted by Gasteiger charge is -2.29. The molecule has 34 heavy (non-hydrogen) atoms. The van der Waals surface area contributed by atoms with Gasteiger partial charge in [-0.3, -0.25) is 24.4 Å². The Bertz CT molecular complexity index is 1230. The summed E-state index contributed by atoms with van der Waals surface area (Å²) in [5.41, 5.74) is 2.01. The van der Waals surface area contributed by atoms with E-state index in [1.165, 1.54) is 17.0 Å². The minimum Gasteiger partial charge on any atom is -0.493 e. The van der Waals surface area contributed by atoms with Crippen molar-refractivity contribution in [2.24, 2.45) is 0 Å². The fourth-order valence-corrected chi connectivity index (χ4v) is 4.86. The molecule has 10 nitrogen and oxygen atoms in total. The predicted molar refractivity (Wildman–Crippen MR) is 124 cm³/mol. The van der Waals surface area contributed by atoms with Crippen molar-refractivity contribution in [1.29, 1.82) is 0 Å². The lowest BCUT2D eigenvalue weighted by Crippen LogP contribution is -2.52. The summed E-state index contributed by atoms with van der Waals surface area (Å²) in [6, 6.07) is 11.1. The number of hydrogen-bond acceptors (Lipinski definition) is 6. The summed E-state index contributed by atoms with van der Waals surface area (Å²) in [4.78, 5) is 37.8. The Hall–Kier alpha value is -3.44. The molecule has 0 saturated carbocycles. The molecule has 180 valence electrons. The first-order valence-corrected chi connectivity index (χ1v) is 12.5. The van der Waals surface area contributed by atoms with Crippen molar-refractivity contribution in [3.05, 3.63) is 59.2 Å². The van der Waals surface area contributed by atoms with Gasteiger partial charge in [0.2, 0.25) is 11.8 Å². The number of ether oxygens (including phenoxy) is 1. The van der Waals surface area contributed by atoms with E-state index in [4.69, 9.17) is 4.74 Å². The fourth-order valence-electron chi connectivity index (χ4n) is 4.00. The van der Waals surface area contributed by atoms with Crippen LogP contribution in [0.5, 0.6) is 5.75 Å². The van der Waals surface area contributed by atoms with Crippen molar-refractivity contribution in [2.45, 2.75) is 45.3 Å². The van der Waals surface area contributed by atoms with Crippen LogP contribution in [-0.2, 0) is 32.9 Å². The van der Waals surface area contributed by atoms with Crippen molar-refractivity contribution in [1.82, 2.24) is 14.9 Å². The zero-order chi connectivity index (χ0) is 24.3. The Morgan fingerprint density at radius 2 is 1.94 bits per heavy atom. The molecule has 2 aromatic carbocycles. The van der Waals surface area contributed by atoms with Crippen molar-refractivity contribution >= 4 is 33.6 Å². The van der Waals surface area contributed by atoms with Gasteiger partial charge in [0, 0.05) is 30.6 Å². The third-order valence-electron chi connectivity index (χ3n) is 5.66. The molecule has 0 spiro atoms. The highest BCUT2D eigenvalue weighted by Gasteiger charge is 2.39. The topological polar surface area (TPSA) is 134 Å². The number of nitrogens with one attached hydrogen (secondary N) is 3. The molecule has 11 heteroatoms. The lowest BCUT2D eigenvalue weighted by atomic mass is 10.0. The van der Waals surface area contributed by atoms with Crippen LogP contribution in [0.4, 0.5) is 5.69 Å². The quantitative estimate of drug-likeness (QED) is 0.462. The average molecular weight is 487 g/mol. The summed E-state index contributed by atoms with van der Waals surface area (Å²) < 4.78 is 35.9. The average Bonchev–Trinajstić information content (AvgIpc) is 3.12. The van der Waals surface area contributed by atoms with Crippen molar-refractivity contribution in [2.75, 3.05) is 11.3 Å². The van der Waals surface area contributed by atoms with Gasteiger partial charge in [-0.05, 0) is 42.7 Å². The molecule has 1 unspecified atom stereocenters. The number of nitrogens with zero attached hydrogens (tertiary/aromatic N) is 1. The van der Waals surface area contributed by atoms with Crippen LogP contribution >= 0.6 is 0 Å². The molecule has 1 atom stereocenters. The van der Waals surface area contributed by atoms with Crippen molar-refractivity contribution in [3.63, 3.8) is 0 Å². The lowest BCUT2D eigenvalue weighted by molar-refractivity contribution is -0.136. The van der Waals surface area contributed by atoms with E-state index in [1.807, 2.05) is 19.1 Å². The number of imide groups is 1. The molecule has 2 aliphatic rings.